The third kappa shape index (κ3) is 4.71. The monoisotopic (exact) mass is 352 g/mol. The normalized spacial score (nSPS) is 11.1. The summed E-state index contributed by atoms with van der Waals surface area (Å²) >= 11 is 5.92. The summed E-state index contributed by atoms with van der Waals surface area (Å²) in [5.41, 5.74) is 1.84. The van der Waals surface area contributed by atoms with Crippen molar-refractivity contribution < 1.29 is 13.2 Å². The number of rotatable bonds is 5. The molecule has 0 aliphatic carbocycles. The van der Waals surface area contributed by atoms with Crippen LogP contribution in [-0.4, -0.2) is 27.1 Å². The molecule has 7 heteroatoms. The van der Waals surface area contributed by atoms with Crippen molar-refractivity contribution in [3.63, 3.8) is 0 Å². The number of aryl methyl sites for hydroxylation is 1. The van der Waals surface area contributed by atoms with E-state index in [1.54, 1.807) is 48.5 Å². The first-order valence-electron chi connectivity index (χ1n) is 6.86. The molecule has 0 aliphatic heterocycles. The molecule has 0 saturated heterocycles. The van der Waals surface area contributed by atoms with Crippen LogP contribution >= 0.6 is 11.6 Å². The second kappa shape index (κ2) is 7.02. The Bertz CT molecular complexity index is 807. The Labute approximate surface area is 140 Å². The molecule has 1 N–H and O–H groups in total. The minimum Gasteiger partial charge on any atom is -0.324 e. The minimum atomic E-state index is -3.58. The molecule has 0 saturated carbocycles. The van der Waals surface area contributed by atoms with Crippen LogP contribution in [0.1, 0.15) is 5.56 Å². The van der Waals surface area contributed by atoms with Gasteiger partial charge in [-0.25, -0.2) is 8.42 Å². The van der Waals surface area contributed by atoms with Gasteiger partial charge < -0.3 is 5.32 Å². The molecule has 0 fully saturated rings. The highest BCUT2D eigenvalue weighted by molar-refractivity contribution is 7.92. The van der Waals surface area contributed by atoms with Gasteiger partial charge >= 0.3 is 0 Å². The molecule has 0 unspecified atom stereocenters. The number of benzene rings is 2. The summed E-state index contributed by atoms with van der Waals surface area (Å²) in [6.45, 7) is 1.52. The van der Waals surface area contributed by atoms with Crippen LogP contribution < -0.4 is 9.62 Å². The average molecular weight is 353 g/mol. The smallest absolute Gasteiger partial charge is 0.245 e. The molecule has 0 bridgehead atoms. The van der Waals surface area contributed by atoms with Gasteiger partial charge in [0.25, 0.3) is 0 Å². The topological polar surface area (TPSA) is 66.5 Å². The number of halogens is 1. The van der Waals surface area contributed by atoms with Crippen LogP contribution in [0.5, 0.6) is 0 Å². The van der Waals surface area contributed by atoms with E-state index in [1.165, 1.54) is 0 Å². The van der Waals surface area contributed by atoms with E-state index in [0.29, 0.717) is 16.4 Å². The molecule has 0 aliphatic rings. The molecule has 23 heavy (non-hydrogen) atoms. The second-order valence-corrected chi connectivity index (χ2v) is 7.46. The van der Waals surface area contributed by atoms with Crippen LogP contribution in [0.4, 0.5) is 11.4 Å². The van der Waals surface area contributed by atoms with Gasteiger partial charge in [-0.15, -0.1) is 0 Å². The lowest BCUT2D eigenvalue weighted by Crippen LogP contribution is -2.37. The first kappa shape index (κ1) is 17.3. The van der Waals surface area contributed by atoms with Gasteiger partial charge in [0.05, 0.1) is 11.9 Å². The zero-order chi connectivity index (χ0) is 17.0. The van der Waals surface area contributed by atoms with Gasteiger partial charge in [-0.1, -0.05) is 35.9 Å². The van der Waals surface area contributed by atoms with E-state index in [0.717, 1.165) is 16.1 Å². The molecule has 0 radical (unpaired) electrons. The maximum absolute atomic E-state index is 12.2. The van der Waals surface area contributed by atoms with E-state index in [-0.39, 0.29) is 6.54 Å². The van der Waals surface area contributed by atoms with Gasteiger partial charge in [-0.2, -0.15) is 0 Å². The number of para-hydroxylation sites is 1. The lowest BCUT2D eigenvalue weighted by Gasteiger charge is -2.22. The summed E-state index contributed by atoms with van der Waals surface area (Å²) in [6, 6.07) is 13.6. The summed E-state index contributed by atoms with van der Waals surface area (Å²) in [4.78, 5) is 12.2. The van der Waals surface area contributed by atoms with Crippen molar-refractivity contribution in [3.05, 3.63) is 59.1 Å². The Balaban J connectivity index is 2.20. The van der Waals surface area contributed by atoms with E-state index in [2.05, 4.69) is 5.32 Å². The Morgan fingerprint density at radius 1 is 1.17 bits per heavy atom. The molecule has 2 aromatic rings. The fourth-order valence-electron chi connectivity index (χ4n) is 2.04. The highest BCUT2D eigenvalue weighted by Gasteiger charge is 2.20. The molecule has 0 atom stereocenters. The zero-order valence-electron chi connectivity index (χ0n) is 12.8. The molecule has 2 aromatic carbocycles. The highest BCUT2D eigenvalue weighted by atomic mass is 35.5. The molecule has 122 valence electrons. The van der Waals surface area contributed by atoms with E-state index >= 15 is 0 Å². The Hall–Kier alpha value is -2.05. The minimum absolute atomic E-state index is 0.311. The van der Waals surface area contributed by atoms with Crippen LogP contribution in [0.3, 0.4) is 0 Å². The lowest BCUT2D eigenvalue weighted by molar-refractivity contribution is -0.114. The van der Waals surface area contributed by atoms with Crippen molar-refractivity contribution in [2.24, 2.45) is 0 Å². The van der Waals surface area contributed by atoms with Gasteiger partial charge in [-0.3, -0.25) is 9.10 Å². The number of carbonyl (C=O) groups excluding carboxylic acids is 1. The Kier molecular flexibility index (Phi) is 5.28. The third-order valence-electron chi connectivity index (χ3n) is 3.21. The van der Waals surface area contributed by atoms with Gasteiger partial charge in [0.15, 0.2) is 0 Å². The van der Waals surface area contributed by atoms with E-state index in [9.17, 15) is 13.2 Å². The first-order valence-corrected chi connectivity index (χ1v) is 9.09. The Morgan fingerprint density at radius 3 is 2.43 bits per heavy atom. The van der Waals surface area contributed by atoms with Crippen molar-refractivity contribution in [1.82, 2.24) is 0 Å². The third-order valence-corrected chi connectivity index (χ3v) is 4.58. The molecular weight excluding hydrogens is 336 g/mol. The molecule has 5 nitrogen and oxygen atoms in total. The van der Waals surface area contributed by atoms with Crippen molar-refractivity contribution in [2.75, 3.05) is 22.4 Å². The van der Waals surface area contributed by atoms with Crippen LogP contribution in [0, 0.1) is 6.92 Å². The SMILES string of the molecule is Cc1ccc(Cl)cc1NC(=O)CN(c1ccccc1)S(C)(=O)=O. The standard InChI is InChI=1S/C16H17ClN2O3S/c1-12-8-9-13(17)10-15(12)18-16(20)11-19(23(2,21)22)14-6-4-3-5-7-14/h3-10H,11H2,1-2H3,(H,18,20). The molecule has 2 rings (SSSR count). The van der Waals surface area contributed by atoms with Crippen molar-refractivity contribution >= 4 is 38.9 Å². The lowest BCUT2D eigenvalue weighted by atomic mass is 10.2. The summed E-state index contributed by atoms with van der Waals surface area (Å²) in [5, 5.41) is 3.19. The van der Waals surface area contributed by atoms with Crippen molar-refractivity contribution in [1.29, 1.82) is 0 Å². The highest BCUT2D eigenvalue weighted by Crippen LogP contribution is 2.21. The largest absolute Gasteiger partial charge is 0.324 e. The fraction of sp³-hybridized carbons (Fsp3) is 0.188. The number of sulfonamides is 1. The van der Waals surface area contributed by atoms with Gasteiger partial charge in [0, 0.05) is 10.7 Å². The van der Waals surface area contributed by atoms with Crippen molar-refractivity contribution in [2.45, 2.75) is 6.92 Å². The zero-order valence-corrected chi connectivity index (χ0v) is 14.4. The second-order valence-electron chi connectivity index (χ2n) is 5.11. The fourth-order valence-corrected chi connectivity index (χ4v) is 3.07. The van der Waals surface area contributed by atoms with E-state index in [4.69, 9.17) is 11.6 Å². The van der Waals surface area contributed by atoms with Crippen LogP contribution in [-0.2, 0) is 14.8 Å². The number of nitrogens with one attached hydrogen (secondary N) is 1. The molecule has 0 spiro atoms. The molecule has 0 heterocycles. The van der Waals surface area contributed by atoms with E-state index < -0.39 is 15.9 Å². The quantitative estimate of drug-likeness (QED) is 0.899. The number of carbonyl (C=O) groups is 1. The Morgan fingerprint density at radius 2 is 1.83 bits per heavy atom. The predicted octanol–water partition coefficient (Wildman–Crippen LogP) is 3.05. The number of anilines is 2. The first-order chi connectivity index (χ1) is 10.8. The molecular formula is C16H17ClN2O3S. The van der Waals surface area contributed by atoms with E-state index in [1.807, 2.05) is 6.92 Å². The van der Waals surface area contributed by atoms with Gasteiger partial charge in [-0.05, 0) is 36.8 Å². The van der Waals surface area contributed by atoms with Crippen molar-refractivity contribution in [3.8, 4) is 0 Å². The summed E-state index contributed by atoms with van der Waals surface area (Å²) < 4.78 is 25.0. The number of hydrogen-bond donors (Lipinski definition) is 1. The summed E-state index contributed by atoms with van der Waals surface area (Å²) in [5.74, 6) is -0.440. The maximum Gasteiger partial charge on any atom is 0.245 e. The number of hydrogen-bond acceptors (Lipinski definition) is 3. The molecule has 0 aromatic heterocycles. The van der Waals surface area contributed by atoms with Crippen LogP contribution in [0.15, 0.2) is 48.5 Å². The predicted molar refractivity (Wildman–Crippen MR) is 93.5 cm³/mol. The van der Waals surface area contributed by atoms with Crippen LogP contribution in [0.25, 0.3) is 0 Å². The molecule has 1 amide bonds. The average Bonchev–Trinajstić information content (AvgIpc) is 2.48. The van der Waals surface area contributed by atoms with Crippen LogP contribution in [0.2, 0.25) is 5.02 Å². The number of amides is 1. The van der Waals surface area contributed by atoms with Gasteiger partial charge in [0.2, 0.25) is 15.9 Å². The number of nitrogens with zero attached hydrogens (tertiary/aromatic N) is 1. The summed E-state index contributed by atoms with van der Waals surface area (Å²) in [6.07, 6.45) is 1.07. The summed E-state index contributed by atoms with van der Waals surface area (Å²) in [7, 11) is -3.58. The van der Waals surface area contributed by atoms with Gasteiger partial charge in [0.1, 0.15) is 6.54 Å². The maximum atomic E-state index is 12.2.